The molecule has 1 aliphatic heterocycles. The Morgan fingerprint density at radius 3 is 2.39 bits per heavy atom. The van der Waals surface area contributed by atoms with E-state index in [-0.39, 0.29) is 18.4 Å². The summed E-state index contributed by atoms with van der Waals surface area (Å²) in [6.45, 7) is 6.69. The van der Waals surface area contributed by atoms with Crippen molar-refractivity contribution in [3.8, 4) is 0 Å². The van der Waals surface area contributed by atoms with Crippen LogP contribution in [0.5, 0.6) is 0 Å². The molecule has 18 heavy (non-hydrogen) atoms. The van der Waals surface area contributed by atoms with E-state index < -0.39 is 12.1 Å². The molecule has 0 spiro atoms. The molecule has 6 heteroatoms. The number of imide groups is 1. The number of hydrogen-bond acceptors (Lipinski definition) is 3. The van der Waals surface area contributed by atoms with Gasteiger partial charge < -0.3 is 10.2 Å². The van der Waals surface area contributed by atoms with Crippen molar-refractivity contribution in [1.29, 1.82) is 0 Å². The number of likely N-dealkylation sites (N-methyl/N-ethyl adjacent to an activating group) is 1. The lowest BCUT2D eigenvalue weighted by Crippen LogP contribution is -2.43. The summed E-state index contributed by atoms with van der Waals surface area (Å²) in [7, 11) is 0. The molecular weight excluding hydrogens is 234 g/mol. The average molecular weight is 255 g/mol. The first-order chi connectivity index (χ1) is 8.54. The number of carbonyl (C=O) groups is 3. The number of nitrogens with zero attached hydrogens (tertiary/aromatic N) is 2. The zero-order valence-electron chi connectivity index (χ0n) is 11.2. The quantitative estimate of drug-likeness (QED) is 0.706. The molecule has 0 aromatic heterocycles. The van der Waals surface area contributed by atoms with Gasteiger partial charge in [0.1, 0.15) is 12.6 Å². The second kappa shape index (κ2) is 6.37. The van der Waals surface area contributed by atoms with Crippen molar-refractivity contribution in [2.45, 2.75) is 39.7 Å². The molecule has 1 aliphatic rings. The molecule has 1 atom stereocenters. The van der Waals surface area contributed by atoms with Crippen molar-refractivity contribution in [2.24, 2.45) is 0 Å². The maximum Gasteiger partial charge on any atom is 0.325 e. The summed E-state index contributed by atoms with van der Waals surface area (Å²) >= 11 is 0. The maximum absolute atomic E-state index is 11.9. The van der Waals surface area contributed by atoms with E-state index in [1.54, 1.807) is 4.90 Å². The predicted octanol–water partition coefficient (Wildman–Crippen LogP) is 0.575. The molecule has 1 fully saturated rings. The molecule has 6 nitrogen and oxygen atoms in total. The zero-order chi connectivity index (χ0) is 13.7. The van der Waals surface area contributed by atoms with Gasteiger partial charge in [-0.25, -0.2) is 4.79 Å². The Labute approximate surface area is 107 Å². The minimum Gasteiger partial charge on any atom is -0.342 e. The lowest BCUT2D eigenvalue weighted by Gasteiger charge is -2.21. The molecule has 0 aliphatic carbocycles. The summed E-state index contributed by atoms with van der Waals surface area (Å²) < 4.78 is 0. The van der Waals surface area contributed by atoms with Crippen LogP contribution in [-0.2, 0) is 9.59 Å². The molecule has 0 saturated carbocycles. The van der Waals surface area contributed by atoms with Crippen LogP contribution in [0.1, 0.15) is 33.6 Å². The van der Waals surface area contributed by atoms with Gasteiger partial charge in [0, 0.05) is 13.1 Å². The normalized spacial score (nSPS) is 19.1. The lowest BCUT2D eigenvalue weighted by molar-refractivity contribution is -0.137. The van der Waals surface area contributed by atoms with Crippen LogP contribution in [0.4, 0.5) is 4.79 Å². The fraction of sp³-hybridized carbons (Fsp3) is 0.750. The number of rotatable bonds is 6. The van der Waals surface area contributed by atoms with Crippen molar-refractivity contribution < 1.29 is 14.4 Å². The lowest BCUT2D eigenvalue weighted by atomic mass is 10.2. The Balaban J connectivity index is 2.64. The Kier molecular flexibility index (Phi) is 5.12. The molecule has 0 aromatic carbocycles. The van der Waals surface area contributed by atoms with Gasteiger partial charge in [0.25, 0.3) is 5.91 Å². The van der Waals surface area contributed by atoms with E-state index in [1.165, 1.54) is 0 Å². The van der Waals surface area contributed by atoms with Crippen LogP contribution in [0.25, 0.3) is 0 Å². The van der Waals surface area contributed by atoms with Gasteiger partial charge in [-0.1, -0.05) is 13.3 Å². The highest BCUT2D eigenvalue weighted by atomic mass is 16.2. The summed E-state index contributed by atoms with van der Waals surface area (Å²) in [5, 5.41) is 2.60. The van der Waals surface area contributed by atoms with Gasteiger partial charge in [0.15, 0.2) is 0 Å². The number of hydrogen-bond donors (Lipinski definition) is 1. The van der Waals surface area contributed by atoms with E-state index in [0.717, 1.165) is 11.3 Å². The van der Waals surface area contributed by atoms with Crippen molar-refractivity contribution in [3.63, 3.8) is 0 Å². The molecule has 1 heterocycles. The molecule has 0 radical (unpaired) electrons. The van der Waals surface area contributed by atoms with Crippen LogP contribution in [0.15, 0.2) is 0 Å². The minimum absolute atomic E-state index is 0.160. The summed E-state index contributed by atoms with van der Waals surface area (Å²) in [5.41, 5.74) is 0. The highest BCUT2D eigenvalue weighted by molar-refractivity contribution is 6.06. The second-order valence-corrected chi connectivity index (χ2v) is 4.28. The van der Waals surface area contributed by atoms with E-state index in [1.807, 2.05) is 20.8 Å². The highest BCUT2D eigenvalue weighted by Crippen LogP contribution is 2.11. The number of nitrogens with one attached hydrogen (secondary N) is 1. The largest absolute Gasteiger partial charge is 0.342 e. The van der Waals surface area contributed by atoms with Crippen molar-refractivity contribution in [3.05, 3.63) is 0 Å². The monoisotopic (exact) mass is 255 g/mol. The molecule has 1 saturated heterocycles. The van der Waals surface area contributed by atoms with Crippen LogP contribution in [0.3, 0.4) is 0 Å². The van der Waals surface area contributed by atoms with Crippen LogP contribution in [-0.4, -0.2) is 53.3 Å². The van der Waals surface area contributed by atoms with Crippen LogP contribution >= 0.6 is 0 Å². The first-order valence-electron chi connectivity index (χ1n) is 6.44. The Hall–Kier alpha value is -1.59. The molecule has 1 rings (SSSR count). The van der Waals surface area contributed by atoms with Gasteiger partial charge in [0.2, 0.25) is 5.91 Å². The fourth-order valence-corrected chi connectivity index (χ4v) is 2.02. The third kappa shape index (κ3) is 3.00. The van der Waals surface area contributed by atoms with E-state index in [9.17, 15) is 14.4 Å². The molecule has 4 amide bonds. The summed E-state index contributed by atoms with van der Waals surface area (Å²) in [5.74, 6) is -0.483. The fourth-order valence-electron chi connectivity index (χ4n) is 2.02. The van der Waals surface area contributed by atoms with Gasteiger partial charge in [0.05, 0.1) is 0 Å². The average Bonchev–Trinajstić information content (AvgIpc) is 2.59. The molecular formula is C12H21N3O3. The SMILES string of the molecule is CCCC1NC(=O)N(CC(=O)N(CC)CC)C1=O. The van der Waals surface area contributed by atoms with Gasteiger partial charge in [-0.05, 0) is 20.3 Å². The first-order valence-corrected chi connectivity index (χ1v) is 6.44. The molecule has 1 N–H and O–H groups in total. The standard InChI is InChI=1S/C12H21N3O3/c1-4-7-9-11(17)15(12(18)13-9)8-10(16)14(5-2)6-3/h9H,4-8H2,1-3H3,(H,13,18). The van der Waals surface area contributed by atoms with Crippen molar-refractivity contribution in [1.82, 2.24) is 15.1 Å². The molecule has 0 aromatic rings. The molecule has 1 unspecified atom stereocenters. The third-order valence-corrected chi connectivity index (χ3v) is 3.09. The Morgan fingerprint density at radius 2 is 1.89 bits per heavy atom. The molecule has 0 bridgehead atoms. The van der Waals surface area contributed by atoms with E-state index in [2.05, 4.69) is 5.32 Å². The predicted molar refractivity (Wildman–Crippen MR) is 66.9 cm³/mol. The van der Waals surface area contributed by atoms with Crippen LogP contribution in [0.2, 0.25) is 0 Å². The highest BCUT2D eigenvalue weighted by Gasteiger charge is 2.38. The van der Waals surface area contributed by atoms with Gasteiger partial charge in [-0.2, -0.15) is 0 Å². The second-order valence-electron chi connectivity index (χ2n) is 4.28. The van der Waals surface area contributed by atoms with E-state index >= 15 is 0 Å². The van der Waals surface area contributed by atoms with Gasteiger partial charge in [-0.15, -0.1) is 0 Å². The van der Waals surface area contributed by atoms with Crippen molar-refractivity contribution >= 4 is 17.8 Å². The smallest absolute Gasteiger partial charge is 0.325 e. The number of urea groups is 1. The maximum atomic E-state index is 11.9. The summed E-state index contributed by atoms with van der Waals surface area (Å²) in [4.78, 5) is 38.0. The Morgan fingerprint density at radius 1 is 1.28 bits per heavy atom. The van der Waals surface area contributed by atoms with E-state index in [0.29, 0.717) is 19.5 Å². The zero-order valence-corrected chi connectivity index (χ0v) is 11.2. The minimum atomic E-state index is -0.466. The topological polar surface area (TPSA) is 69.7 Å². The van der Waals surface area contributed by atoms with Gasteiger partial charge >= 0.3 is 6.03 Å². The van der Waals surface area contributed by atoms with Crippen LogP contribution < -0.4 is 5.32 Å². The first kappa shape index (κ1) is 14.5. The van der Waals surface area contributed by atoms with Gasteiger partial charge in [-0.3, -0.25) is 14.5 Å². The van der Waals surface area contributed by atoms with Crippen molar-refractivity contribution in [2.75, 3.05) is 19.6 Å². The summed E-state index contributed by atoms with van der Waals surface area (Å²) in [6.07, 6.45) is 1.43. The summed E-state index contributed by atoms with van der Waals surface area (Å²) in [6, 6.07) is -0.925. The molecule has 102 valence electrons. The van der Waals surface area contributed by atoms with E-state index in [4.69, 9.17) is 0 Å². The van der Waals surface area contributed by atoms with Crippen LogP contribution in [0, 0.1) is 0 Å². The Bertz CT molecular complexity index is 339. The number of carbonyl (C=O) groups excluding carboxylic acids is 3. The third-order valence-electron chi connectivity index (χ3n) is 3.09. The number of amides is 4.